The van der Waals surface area contributed by atoms with Crippen LogP contribution in [0.4, 0.5) is 0 Å². The number of nitrogens with zero attached hydrogens (tertiary/aromatic N) is 1. The van der Waals surface area contributed by atoms with E-state index < -0.39 is 0 Å². The summed E-state index contributed by atoms with van der Waals surface area (Å²) < 4.78 is 12.9. The summed E-state index contributed by atoms with van der Waals surface area (Å²) in [4.78, 5) is 0. The molecule has 0 saturated heterocycles. The third kappa shape index (κ3) is 2.21. The lowest BCUT2D eigenvalue weighted by atomic mass is 10.1. The number of rotatable bonds is 4. The van der Waals surface area contributed by atoms with Gasteiger partial charge in [-0.2, -0.15) is 0 Å². The molecule has 0 amide bonds. The standard InChI is InChI=1S/C15H17NO2/c1-12(16-8-2-3-9-16)4-5-13-6-7-14-15(10-13)18-11-17-14/h2-3,6-10,12H,4-5,11H2,1H3. The zero-order chi connectivity index (χ0) is 12.4. The van der Waals surface area contributed by atoms with E-state index >= 15 is 0 Å². The van der Waals surface area contributed by atoms with Gasteiger partial charge < -0.3 is 14.0 Å². The molecule has 3 rings (SSSR count). The maximum atomic E-state index is 5.39. The lowest BCUT2D eigenvalue weighted by Gasteiger charge is -2.13. The van der Waals surface area contributed by atoms with Crippen molar-refractivity contribution in [3.05, 3.63) is 48.3 Å². The molecular formula is C15H17NO2. The van der Waals surface area contributed by atoms with Gasteiger partial charge in [-0.3, -0.25) is 0 Å². The Kier molecular flexibility index (Phi) is 2.97. The Bertz CT molecular complexity index is 519. The van der Waals surface area contributed by atoms with Gasteiger partial charge in [-0.1, -0.05) is 6.07 Å². The summed E-state index contributed by atoms with van der Waals surface area (Å²) in [7, 11) is 0. The number of aryl methyl sites for hydroxylation is 1. The van der Waals surface area contributed by atoms with Gasteiger partial charge >= 0.3 is 0 Å². The molecule has 18 heavy (non-hydrogen) atoms. The van der Waals surface area contributed by atoms with E-state index in [1.807, 2.05) is 6.07 Å². The van der Waals surface area contributed by atoms with Crippen LogP contribution >= 0.6 is 0 Å². The molecule has 3 heteroatoms. The third-order valence-corrected chi connectivity index (χ3v) is 3.42. The molecule has 1 aliphatic heterocycles. The van der Waals surface area contributed by atoms with Crippen molar-refractivity contribution in [3.8, 4) is 11.5 Å². The normalized spacial score (nSPS) is 14.7. The van der Waals surface area contributed by atoms with Crippen LogP contribution in [0.1, 0.15) is 24.9 Å². The van der Waals surface area contributed by atoms with Crippen LogP contribution in [0.25, 0.3) is 0 Å². The molecule has 0 saturated carbocycles. The van der Waals surface area contributed by atoms with Crippen LogP contribution in [0, 0.1) is 0 Å². The van der Waals surface area contributed by atoms with Gasteiger partial charge in [0, 0.05) is 18.4 Å². The molecular weight excluding hydrogens is 226 g/mol. The first-order valence-electron chi connectivity index (χ1n) is 6.34. The molecule has 0 fully saturated rings. The maximum absolute atomic E-state index is 5.39. The highest BCUT2D eigenvalue weighted by Gasteiger charge is 2.13. The second-order valence-electron chi connectivity index (χ2n) is 4.71. The first-order valence-corrected chi connectivity index (χ1v) is 6.34. The van der Waals surface area contributed by atoms with E-state index in [1.165, 1.54) is 5.56 Å². The van der Waals surface area contributed by atoms with E-state index in [0.29, 0.717) is 12.8 Å². The van der Waals surface area contributed by atoms with Crippen molar-refractivity contribution in [1.82, 2.24) is 4.57 Å². The van der Waals surface area contributed by atoms with Gasteiger partial charge in [0.1, 0.15) is 0 Å². The molecule has 1 unspecified atom stereocenters. The van der Waals surface area contributed by atoms with Gasteiger partial charge in [0.25, 0.3) is 0 Å². The van der Waals surface area contributed by atoms with Crippen LogP contribution in [0.15, 0.2) is 42.7 Å². The largest absolute Gasteiger partial charge is 0.454 e. The molecule has 0 radical (unpaired) electrons. The number of aromatic nitrogens is 1. The molecule has 0 bridgehead atoms. The van der Waals surface area contributed by atoms with Gasteiger partial charge in [0.15, 0.2) is 11.5 Å². The molecule has 0 N–H and O–H groups in total. The Morgan fingerprint density at radius 3 is 2.78 bits per heavy atom. The fourth-order valence-corrected chi connectivity index (χ4v) is 2.26. The Hall–Kier alpha value is -1.90. The Labute approximate surface area is 107 Å². The summed E-state index contributed by atoms with van der Waals surface area (Å²) >= 11 is 0. The predicted molar refractivity (Wildman–Crippen MR) is 70.0 cm³/mol. The van der Waals surface area contributed by atoms with E-state index in [1.54, 1.807) is 0 Å². The van der Waals surface area contributed by atoms with Gasteiger partial charge in [0.05, 0.1) is 0 Å². The van der Waals surface area contributed by atoms with Crippen molar-refractivity contribution in [2.75, 3.05) is 6.79 Å². The lowest BCUT2D eigenvalue weighted by Crippen LogP contribution is -2.03. The highest BCUT2D eigenvalue weighted by Crippen LogP contribution is 2.33. The van der Waals surface area contributed by atoms with Crippen LogP contribution in [0.5, 0.6) is 11.5 Å². The summed E-state index contributed by atoms with van der Waals surface area (Å²) in [5.41, 5.74) is 1.30. The minimum Gasteiger partial charge on any atom is -0.454 e. The second kappa shape index (κ2) is 4.77. The SMILES string of the molecule is CC(CCc1ccc2c(c1)OCO2)n1cccc1. The number of hydrogen-bond donors (Lipinski definition) is 0. The van der Waals surface area contributed by atoms with Crippen LogP contribution in [0.3, 0.4) is 0 Å². The zero-order valence-corrected chi connectivity index (χ0v) is 10.5. The minimum absolute atomic E-state index is 0.346. The highest BCUT2D eigenvalue weighted by atomic mass is 16.7. The summed E-state index contributed by atoms with van der Waals surface area (Å²) in [6.07, 6.45) is 6.40. The number of fused-ring (bicyclic) bond motifs is 1. The highest BCUT2D eigenvalue weighted by molar-refractivity contribution is 5.44. The average Bonchev–Trinajstić information content (AvgIpc) is 3.05. The van der Waals surface area contributed by atoms with Crippen molar-refractivity contribution in [2.24, 2.45) is 0 Å². The fraction of sp³-hybridized carbons (Fsp3) is 0.333. The minimum atomic E-state index is 0.346. The van der Waals surface area contributed by atoms with Crippen molar-refractivity contribution < 1.29 is 9.47 Å². The topological polar surface area (TPSA) is 23.4 Å². The molecule has 1 atom stereocenters. The van der Waals surface area contributed by atoms with Gasteiger partial charge in [-0.15, -0.1) is 0 Å². The molecule has 0 aliphatic carbocycles. The van der Waals surface area contributed by atoms with E-state index in [9.17, 15) is 0 Å². The van der Waals surface area contributed by atoms with Crippen LogP contribution in [0.2, 0.25) is 0 Å². The van der Waals surface area contributed by atoms with Crippen LogP contribution < -0.4 is 9.47 Å². The summed E-state index contributed by atoms with van der Waals surface area (Å²) in [6.45, 7) is 2.59. The monoisotopic (exact) mass is 243 g/mol. The van der Waals surface area contributed by atoms with Crippen molar-refractivity contribution in [1.29, 1.82) is 0 Å². The van der Waals surface area contributed by atoms with Crippen LogP contribution in [-0.4, -0.2) is 11.4 Å². The molecule has 0 spiro atoms. The van der Waals surface area contributed by atoms with Gasteiger partial charge in [-0.05, 0) is 49.6 Å². The summed E-state index contributed by atoms with van der Waals surface area (Å²) in [6, 6.07) is 10.9. The average molecular weight is 243 g/mol. The number of ether oxygens (including phenoxy) is 2. The molecule has 1 aromatic heterocycles. The third-order valence-electron chi connectivity index (χ3n) is 3.42. The maximum Gasteiger partial charge on any atom is 0.231 e. The Morgan fingerprint density at radius 2 is 1.94 bits per heavy atom. The number of benzene rings is 1. The van der Waals surface area contributed by atoms with E-state index in [0.717, 1.165) is 24.3 Å². The van der Waals surface area contributed by atoms with Crippen molar-refractivity contribution in [2.45, 2.75) is 25.8 Å². The van der Waals surface area contributed by atoms with Gasteiger partial charge in [0.2, 0.25) is 6.79 Å². The van der Waals surface area contributed by atoms with Crippen LogP contribution in [-0.2, 0) is 6.42 Å². The quantitative estimate of drug-likeness (QED) is 0.821. The molecule has 2 heterocycles. The summed E-state index contributed by atoms with van der Waals surface area (Å²) in [5.74, 6) is 1.73. The smallest absolute Gasteiger partial charge is 0.231 e. The van der Waals surface area contributed by atoms with Gasteiger partial charge in [-0.25, -0.2) is 0 Å². The second-order valence-corrected chi connectivity index (χ2v) is 4.71. The molecule has 3 nitrogen and oxygen atoms in total. The van der Waals surface area contributed by atoms with Crippen molar-refractivity contribution >= 4 is 0 Å². The fourth-order valence-electron chi connectivity index (χ4n) is 2.26. The predicted octanol–water partition coefficient (Wildman–Crippen LogP) is 3.41. The zero-order valence-electron chi connectivity index (χ0n) is 10.5. The Morgan fingerprint density at radius 1 is 1.17 bits per heavy atom. The molecule has 1 aromatic carbocycles. The van der Waals surface area contributed by atoms with Crippen molar-refractivity contribution in [3.63, 3.8) is 0 Å². The Balaban J connectivity index is 1.63. The first-order chi connectivity index (χ1) is 8.83. The molecule has 94 valence electrons. The lowest BCUT2D eigenvalue weighted by molar-refractivity contribution is 0.174. The molecule has 2 aromatic rings. The van der Waals surface area contributed by atoms with E-state index in [4.69, 9.17) is 9.47 Å². The number of hydrogen-bond acceptors (Lipinski definition) is 2. The van der Waals surface area contributed by atoms with E-state index in [-0.39, 0.29) is 0 Å². The molecule has 1 aliphatic rings. The van der Waals surface area contributed by atoms with E-state index in [2.05, 4.69) is 48.1 Å². The summed E-state index contributed by atoms with van der Waals surface area (Å²) in [5, 5.41) is 0. The first kappa shape index (κ1) is 11.2.